The highest BCUT2D eigenvalue weighted by Crippen LogP contribution is 2.30. The Morgan fingerprint density at radius 3 is 2.68 bits per heavy atom. The van der Waals surface area contributed by atoms with Crippen LogP contribution in [0.5, 0.6) is 5.75 Å². The fourth-order valence-electron chi connectivity index (χ4n) is 3.34. The van der Waals surface area contributed by atoms with Gasteiger partial charge in [-0.15, -0.1) is 21.5 Å². The summed E-state index contributed by atoms with van der Waals surface area (Å²) in [5, 5.41) is 12.1. The number of fused-ring (bicyclic) bond motifs is 1. The minimum Gasteiger partial charge on any atom is -0.483 e. The number of benzene rings is 1. The van der Waals surface area contributed by atoms with Crippen molar-refractivity contribution in [2.45, 2.75) is 51.3 Å². The molecule has 0 aliphatic heterocycles. The van der Waals surface area contributed by atoms with Gasteiger partial charge in [-0.25, -0.2) is 4.98 Å². The first-order valence-corrected chi connectivity index (χ1v) is 12.1. The van der Waals surface area contributed by atoms with Gasteiger partial charge in [0.2, 0.25) is 0 Å². The molecule has 0 aliphatic carbocycles. The number of halogens is 1. The minimum atomic E-state index is -0.285. The van der Waals surface area contributed by atoms with Crippen molar-refractivity contribution in [1.29, 1.82) is 0 Å². The molecule has 0 spiro atoms. The number of aromatic nitrogens is 5. The van der Waals surface area contributed by atoms with Crippen LogP contribution in [0.25, 0.3) is 4.96 Å². The Balaban J connectivity index is 1.52. The van der Waals surface area contributed by atoms with E-state index in [1.54, 1.807) is 16.7 Å². The van der Waals surface area contributed by atoms with Crippen molar-refractivity contribution in [3.63, 3.8) is 0 Å². The Kier molecular flexibility index (Phi) is 6.36. The molecule has 4 aromatic rings. The zero-order valence-corrected chi connectivity index (χ0v) is 20.0. The summed E-state index contributed by atoms with van der Waals surface area (Å²) in [7, 11) is 0. The first-order chi connectivity index (χ1) is 14.9. The molecule has 0 bridgehead atoms. The second-order valence-electron chi connectivity index (χ2n) is 7.15. The van der Waals surface area contributed by atoms with E-state index in [4.69, 9.17) is 16.3 Å². The molecule has 0 saturated carbocycles. The summed E-state index contributed by atoms with van der Waals surface area (Å²) in [5.74, 6) is 2.03. The van der Waals surface area contributed by atoms with E-state index < -0.39 is 0 Å². The maximum atomic E-state index is 12.2. The summed E-state index contributed by atoms with van der Waals surface area (Å²) in [6.45, 7) is 8.63. The van der Waals surface area contributed by atoms with Crippen LogP contribution >= 0.6 is 34.7 Å². The van der Waals surface area contributed by atoms with Crippen LogP contribution in [0.2, 0.25) is 5.02 Å². The highest BCUT2D eigenvalue weighted by atomic mass is 35.5. The third kappa shape index (κ3) is 4.49. The molecule has 0 saturated heterocycles. The van der Waals surface area contributed by atoms with Gasteiger partial charge in [-0.2, -0.15) is 0 Å². The summed E-state index contributed by atoms with van der Waals surface area (Å²) in [6.07, 6.45) is 1.45. The van der Waals surface area contributed by atoms with Crippen LogP contribution in [0.4, 0.5) is 0 Å². The Bertz CT molecular complexity index is 1270. The van der Waals surface area contributed by atoms with Crippen LogP contribution in [0.3, 0.4) is 0 Å². The van der Waals surface area contributed by atoms with Crippen LogP contribution in [0.1, 0.15) is 42.6 Å². The largest absolute Gasteiger partial charge is 0.483 e. The van der Waals surface area contributed by atoms with E-state index >= 15 is 0 Å². The van der Waals surface area contributed by atoms with Crippen molar-refractivity contribution in [3.8, 4) is 5.75 Å². The van der Waals surface area contributed by atoms with E-state index in [0.29, 0.717) is 17.3 Å². The Morgan fingerprint density at radius 2 is 1.97 bits per heavy atom. The minimum absolute atomic E-state index is 0.0740. The molecule has 1 unspecified atom stereocenters. The number of thiazole rings is 1. The van der Waals surface area contributed by atoms with Crippen LogP contribution < -0.4 is 10.3 Å². The number of hydrogen-bond donors (Lipinski definition) is 0. The molecule has 162 valence electrons. The Morgan fingerprint density at radius 1 is 1.23 bits per heavy atom. The molecule has 0 fully saturated rings. The van der Waals surface area contributed by atoms with E-state index in [-0.39, 0.29) is 11.7 Å². The van der Waals surface area contributed by atoms with Crippen molar-refractivity contribution >= 4 is 39.7 Å². The third-order valence-electron chi connectivity index (χ3n) is 4.85. The number of thioether (sulfide) groups is 1. The second-order valence-corrected chi connectivity index (χ2v) is 9.34. The van der Waals surface area contributed by atoms with E-state index in [0.717, 1.165) is 38.6 Å². The van der Waals surface area contributed by atoms with E-state index in [1.165, 1.54) is 23.1 Å². The molecule has 0 aliphatic rings. The normalized spacial score (nSPS) is 12.4. The van der Waals surface area contributed by atoms with Gasteiger partial charge in [0.05, 0.1) is 5.69 Å². The molecule has 3 heterocycles. The van der Waals surface area contributed by atoms with Crippen molar-refractivity contribution < 1.29 is 4.74 Å². The van der Waals surface area contributed by atoms with Gasteiger partial charge in [0.1, 0.15) is 5.75 Å². The average Bonchev–Trinajstić information content (AvgIpc) is 3.37. The van der Waals surface area contributed by atoms with Gasteiger partial charge in [0.15, 0.2) is 22.0 Å². The molecule has 1 atom stereocenters. The Hall–Kier alpha value is -2.36. The van der Waals surface area contributed by atoms with Crippen molar-refractivity contribution in [2.75, 3.05) is 0 Å². The summed E-state index contributed by atoms with van der Waals surface area (Å²) in [6, 6.07) is 5.43. The quantitative estimate of drug-likeness (QED) is 0.347. The second kappa shape index (κ2) is 9.02. The molecule has 0 radical (unpaired) electrons. The molecular weight excluding hydrogens is 454 g/mol. The lowest BCUT2D eigenvalue weighted by molar-refractivity contribution is 0.209. The van der Waals surface area contributed by atoms with Crippen LogP contribution in [-0.4, -0.2) is 24.1 Å². The van der Waals surface area contributed by atoms with Gasteiger partial charge in [-0.05, 0) is 51.0 Å². The SMILES string of the molecule is CCn1c(SCc2cc(=O)n3ccsc3n2)nnc1C(C)Oc1cc(C)c(Cl)c(C)c1. The topological polar surface area (TPSA) is 74.3 Å². The summed E-state index contributed by atoms with van der Waals surface area (Å²) in [5.41, 5.74) is 2.60. The van der Waals surface area contributed by atoms with Gasteiger partial charge < -0.3 is 9.30 Å². The molecule has 31 heavy (non-hydrogen) atoms. The van der Waals surface area contributed by atoms with Gasteiger partial charge >= 0.3 is 0 Å². The van der Waals surface area contributed by atoms with E-state index in [2.05, 4.69) is 15.2 Å². The zero-order chi connectivity index (χ0) is 22.1. The molecule has 3 aromatic heterocycles. The molecule has 0 N–H and O–H groups in total. The molecular formula is C21H22ClN5O2S2. The van der Waals surface area contributed by atoms with Crippen molar-refractivity contribution in [3.05, 3.63) is 67.8 Å². The summed E-state index contributed by atoms with van der Waals surface area (Å²) >= 11 is 9.21. The standard InChI is InChI=1S/C21H22ClN5O2S2/c1-5-26-19(14(4)29-16-8-12(2)18(22)13(3)9-16)24-25-21(26)31-11-15-10-17(28)27-6-7-30-20(27)23-15/h6-10,14H,5,11H2,1-4H3. The number of aryl methyl sites for hydroxylation is 2. The fraction of sp³-hybridized carbons (Fsp3) is 0.333. The number of ether oxygens (including phenoxy) is 1. The lowest BCUT2D eigenvalue weighted by Gasteiger charge is -2.17. The van der Waals surface area contributed by atoms with Crippen LogP contribution in [0, 0.1) is 13.8 Å². The van der Waals surface area contributed by atoms with E-state index in [1.807, 2.05) is 49.8 Å². The average molecular weight is 476 g/mol. The number of nitrogens with zero attached hydrogens (tertiary/aromatic N) is 5. The molecule has 1 aromatic carbocycles. The van der Waals surface area contributed by atoms with Gasteiger partial charge in [-0.1, -0.05) is 23.4 Å². The van der Waals surface area contributed by atoms with Gasteiger partial charge in [0, 0.05) is 35.0 Å². The van der Waals surface area contributed by atoms with Crippen LogP contribution in [-0.2, 0) is 12.3 Å². The van der Waals surface area contributed by atoms with Crippen molar-refractivity contribution in [1.82, 2.24) is 24.1 Å². The lowest BCUT2D eigenvalue weighted by atomic mass is 10.1. The number of hydrogen-bond acceptors (Lipinski definition) is 7. The smallest absolute Gasteiger partial charge is 0.258 e. The van der Waals surface area contributed by atoms with Gasteiger partial charge in [-0.3, -0.25) is 9.20 Å². The maximum Gasteiger partial charge on any atom is 0.258 e. The maximum absolute atomic E-state index is 12.2. The fourth-order valence-corrected chi connectivity index (χ4v) is 5.09. The highest BCUT2D eigenvalue weighted by molar-refractivity contribution is 7.98. The van der Waals surface area contributed by atoms with E-state index in [9.17, 15) is 4.79 Å². The first-order valence-electron chi connectivity index (χ1n) is 9.82. The highest BCUT2D eigenvalue weighted by Gasteiger charge is 2.19. The predicted molar refractivity (Wildman–Crippen MR) is 125 cm³/mol. The summed E-state index contributed by atoms with van der Waals surface area (Å²) in [4.78, 5) is 17.4. The predicted octanol–water partition coefficient (Wildman–Crippen LogP) is 5.07. The number of rotatable bonds is 7. The summed E-state index contributed by atoms with van der Waals surface area (Å²) < 4.78 is 9.72. The Labute approximate surface area is 193 Å². The molecule has 0 amide bonds. The zero-order valence-electron chi connectivity index (χ0n) is 17.6. The molecule has 4 rings (SSSR count). The van der Waals surface area contributed by atoms with Crippen LogP contribution in [0.15, 0.2) is 39.7 Å². The lowest BCUT2D eigenvalue weighted by Crippen LogP contribution is -2.13. The van der Waals surface area contributed by atoms with Crippen molar-refractivity contribution in [2.24, 2.45) is 0 Å². The monoisotopic (exact) mass is 475 g/mol. The first kappa shape index (κ1) is 21.9. The molecule has 10 heteroatoms. The third-order valence-corrected chi connectivity index (χ3v) is 7.21. The van der Waals surface area contributed by atoms with Gasteiger partial charge in [0.25, 0.3) is 5.56 Å². The molecule has 7 nitrogen and oxygen atoms in total.